The number of benzene rings is 1. The van der Waals surface area contributed by atoms with E-state index in [2.05, 4.69) is 17.5 Å². The molecule has 0 saturated heterocycles. The van der Waals surface area contributed by atoms with E-state index in [-0.39, 0.29) is 5.91 Å². The first kappa shape index (κ1) is 15.6. The highest BCUT2D eigenvalue weighted by Crippen LogP contribution is 2.18. The molecule has 21 heavy (non-hydrogen) atoms. The van der Waals surface area contributed by atoms with Crippen molar-refractivity contribution in [1.29, 1.82) is 0 Å². The third-order valence-corrected chi connectivity index (χ3v) is 3.75. The number of ether oxygens (including phenoxy) is 1. The Morgan fingerprint density at radius 2 is 1.95 bits per heavy atom. The van der Waals surface area contributed by atoms with Crippen molar-refractivity contribution >= 4 is 5.91 Å². The Kier molecular flexibility index (Phi) is 5.43. The number of aryl methyl sites for hydroxylation is 2. The minimum atomic E-state index is -0.476. The molecule has 0 unspecified atom stereocenters. The first-order valence-electron chi connectivity index (χ1n) is 7.75. The highest BCUT2D eigenvalue weighted by Gasteiger charge is 2.15. The van der Waals surface area contributed by atoms with Crippen molar-refractivity contribution in [3.8, 4) is 5.75 Å². The molecule has 1 aromatic carbocycles. The minimum absolute atomic E-state index is 0.0550. The molecule has 0 heterocycles. The van der Waals surface area contributed by atoms with Crippen LogP contribution in [0.5, 0.6) is 5.75 Å². The first-order valence-corrected chi connectivity index (χ1v) is 7.75. The summed E-state index contributed by atoms with van der Waals surface area (Å²) in [5, 5.41) is 2.97. The van der Waals surface area contributed by atoms with Gasteiger partial charge in [-0.1, -0.05) is 17.7 Å². The normalized spacial score (nSPS) is 16.0. The summed E-state index contributed by atoms with van der Waals surface area (Å²) in [6, 6.07) is 6.01. The molecule has 1 aliphatic carbocycles. The Hall–Kier alpha value is -1.77. The second-order valence-corrected chi connectivity index (χ2v) is 5.91. The second kappa shape index (κ2) is 7.30. The van der Waals surface area contributed by atoms with Crippen molar-refractivity contribution < 1.29 is 9.53 Å². The topological polar surface area (TPSA) is 38.3 Å². The van der Waals surface area contributed by atoms with Gasteiger partial charge in [0.15, 0.2) is 6.10 Å². The number of hydrogen-bond acceptors (Lipinski definition) is 2. The van der Waals surface area contributed by atoms with E-state index in [9.17, 15) is 4.79 Å². The fourth-order valence-electron chi connectivity index (χ4n) is 2.67. The van der Waals surface area contributed by atoms with Gasteiger partial charge in [0.25, 0.3) is 5.91 Å². The van der Waals surface area contributed by atoms with Crippen LogP contribution < -0.4 is 10.1 Å². The lowest BCUT2D eigenvalue weighted by Gasteiger charge is -2.17. The van der Waals surface area contributed by atoms with E-state index in [1.165, 1.54) is 18.4 Å². The molecule has 1 aliphatic rings. The maximum absolute atomic E-state index is 12.1. The van der Waals surface area contributed by atoms with Gasteiger partial charge < -0.3 is 10.1 Å². The maximum atomic E-state index is 12.1. The maximum Gasteiger partial charge on any atom is 0.261 e. The van der Waals surface area contributed by atoms with Crippen LogP contribution in [0.3, 0.4) is 0 Å². The zero-order chi connectivity index (χ0) is 15.2. The van der Waals surface area contributed by atoms with Gasteiger partial charge in [0.1, 0.15) is 5.75 Å². The summed E-state index contributed by atoms with van der Waals surface area (Å²) in [4.78, 5) is 12.1. The Labute approximate surface area is 127 Å². The molecule has 1 N–H and O–H groups in total. The van der Waals surface area contributed by atoms with Crippen LogP contribution in [-0.2, 0) is 4.79 Å². The van der Waals surface area contributed by atoms with Crippen LogP contribution in [0.4, 0.5) is 0 Å². The van der Waals surface area contributed by atoms with E-state index in [1.54, 1.807) is 6.92 Å². The predicted octanol–water partition coefficient (Wildman–Crippen LogP) is 3.69. The van der Waals surface area contributed by atoms with Gasteiger partial charge in [0.2, 0.25) is 0 Å². The lowest BCUT2D eigenvalue weighted by Crippen LogP contribution is -2.37. The minimum Gasteiger partial charge on any atom is -0.481 e. The molecule has 1 atom stereocenters. The van der Waals surface area contributed by atoms with Crippen LogP contribution in [0.15, 0.2) is 29.8 Å². The van der Waals surface area contributed by atoms with Gasteiger partial charge in [0.05, 0.1) is 0 Å². The van der Waals surface area contributed by atoms with E-state index >= 15 is 0 Å². The van der Waals surface area contributed by atoms with Gasteiger partial charge in [0, 0.05) is 6.54 Å². The van der Waals surface area contributed by atoms with Crippen molar-refractivity contribution in [3.63, 3.8) is 0 Å². The van der Waals surface area contributed by atoms with Crippen molar-refractivity contribution in [2.75, 3.05) is 6.54 Å². The average Bonchev–Trinajstić information content (AvgIpc) is 2.44. The molecule has 0 spiro atoms. The average molecular weight is 287 g/mol. The van der Waals surface area contributed by atoms with Gasteiger partial charge in [-0.2, -0.15) is 0 Å². The van der Waals surface area contributed by atoms with Gasteiger partial charge >= 0.3 is 0 Å². The Morgan fingerprint density at radius 1 is 1.24 bits per heavy atom. The fraction of sp³-hybridized carbons (Fsp3) is 0.500. The van der Waals surface area contributed by atoms with Gasteiger partial charge in [-0.25, -0.2) is 0 Å². The zero-order valence-electron chi connectivity index (χ0n) is 13.2. The van der Waals surface area contributed by atoms with E-state index in [1.807, 2.05) is 26.0 Å². The molecule has 3 nitrogen and oxygen atoms in total. The largest absolute Gasteiger partial charge is 0.481 e. The summed E-state index contributed by atoms with van der Waals surface area (Å²) in [5.74, 6) is 0.702. The lowest BCUT2D eigenvalue weighted by atomic mass is 10.00. The quantitative estimate of drug-likeness (QED) is 0.839. The van der Waals surface area contributed by atoms with E-state index in [0.29, 0.717) is 6.54 Å². The summed E-state index contributed by atoms with van der Waals surface area (Å²) in [6.07, 6.45) is 6.52. The standard InChI is InChI=1S/C18H25NO2/c1-13-9-14(2)11-17(10-13)21-15(3)18(20)19-12-16-7-5-4-6-8-16/h7,9-11,15H,4-6,8,12H2,1-3H3,(H,19,20)/t15-/m1/s1. The SMILES string of the molecule is Cc1cc(C)cc(O[C@H](C)C(=O)NCC2=CCCCC2)c1. The summed E-state index contributed by atoms with van der Waals surface area (Å²) >= 11 is 0. The number of allylic oxidation sites excluding steroid dienone is 1. The number of nitrogens with one attached hydrogen (secondary N) is 1. The molecule has 114 valence electrons. The monoisotopic (exact) mass is 287 g/mol. The molecular formula is C18H25NO2. The number of carbonyl (C=O) groups excluding carboxylic acids is 1. The van der Waals surface area contributed by atoms with Crippen LogP contribution >= 0.6 is 0 Å². The fourth-order valence-corrected chi connectivity index (χ4v) is 2.67. The third-order valence-electron chi connectivity index (χ3n) is 3.75. The molecule has 1 amide bonds. The highest BCUT2D eigenvalue weighted by atomic mass is 16.5. The van der Waals surface area contributed by atoms with Gasteiger partial charge in [-0.3, -0.25) is 4.79 Å². The summed E-state index contributed by atoms with van der Waals surface area (Å²) < 4.78 is 5.75. The lowest BCUT2D eigenvalue weighted by molar-refractivity contribution is -0.127. The van der Waals surface area contributed by atoms with E-state index in [4.69, 9.17) is 4.74 Å². The number of carbonyl (C=O) groups is 1. The number of amides is 1. The van der Waals surface area contributed by atoms with Gasteiger partial charge in [-0.05, 0) is 69.7 Å². The molecule has 3 heteroatoms. The number of rotatable bonds is 5. The smallest absolute Gasteiger partial charge is 0.261 e. The van der Waals surface area contributed by atoms with E-state index in [0.717, 1.165) is 29.7 Å². The molecule has 2 rings (SSSR count). The Bertz CT molecular complexity index is 514. The third kappa shape index (κ3) is 4.92. The van der Waals surface area contributed by atoms with Crippen molar-refractivity contribution in [3.05, 3.63) is 41.0 Å². The highest BCUT2D eigenvalue weighted by molar-refractivity contribution is 5.80. The van der Waals surface area contributed by atoms with E-state index < -0.39 is 6.10 Å². The predicted molar refractivity (Wildman–Crippen MR) is 85.6 cm³/mol. The van der Waals surface area contributed by atoms with Crippen molar-refractivity contribution in [1.82, 2.24) is 5.32 Å². The van der Waals surface area contributed by atoms with Crippen LogP contribution in [0, 0.1) is 13.8 Å². The summed E-state index contributed by atoms with van der Waals surface area (Å²) in [5.41, 5.74) is 3.63. The van der Waals surface area contributed by atoms with Crippen LogP contribution in [0.2, 0.25) is 0 Å². The molecule has 0 bridgehead atoms. The molecular weight excluding hydrogens is 262 g/mol. The van der Waals surface area contributed by atoms with Crippen LogP contribution in [0.1, 0.15) is 43.7 Å². The van der Waals surface area contributed by atoms with Crippen LogP contribution in [-0.4, -0.2) is 18.6 Å². The molecule has 0 radical (unpaired) electrons. The molecule has 1 aromatic rings. The molecule has 0 fully saturated rings. The first-order chi connectivity index (χ1) is 10.0. The summed E-state index contributed by atoms with van der Waals surface area (Å²) in [7, 11) is 0. The van der Waals surface area contributed by atoms with Crippen molar-refractivity contribution in [2.45, 2.75) is 52.6 Å². The van der Waals surface area contributed by atoms with Crippen molar-refractivity contribution in [2.24, 2.45) is 0 Å². The second-order valence-electron chi connectivity index (χ2n) is 5.91. The molecule has 0 aromatic heterocycles. The Balaban J connectivity index is 1.85. The Morgan fingerprint density at radius 3 is 2.57 bits per heavy atom. The summed E-state index contributed by atoms with van der Waals surface area (Å²) in [6.45, 7) is 6.50. The zero-order valence-corrected chi connectivity index (χ0v) is 13.2. The molecule has 0 aliphatic heterocycles. The number of hydrogen-bond donors (Lipinski definition) is 1. The van der Waals surface area contributed by atoms with Crippen LogP contribution in [0.25, 0.3) is 0 Å². The molecule has 0 saturated carbocycles. The van der Waals surface area contributed by atoms with Gasteiger partial charge in [-0.15, -0.1) is 0 Å².